The molecule has 1 aliphatic heterocycles. The second kappa shape index (κ2) is 2.45. The Labute approximate surface area is 48.7 Å². The van der Waals surface area contributed by atoms with Crippen molar-refractivity contribution >= 4 is 12.6 Å². The largest absolute Gasteiger partial charge is 0.274 e. The molecule has 1 heterocycles. The molecule has 1 aliphatic rings. The Bertz CT molecular complexity index is 103. The summed E-state index contributed by atoms with van der Waals surface area (Å²) in [6.45, 7) is 0.869. The Morgan fingerprint density at radius 2 is 2.50 bits per heavy atom. The summed E-state index contributed by atoms with van der Waals surface area (Å²) >= 11 is 0. The maximum absolute atomic E-state index is 4.03. The number of hydrogen-bond donors (Lipinski definition) is 0. The fourth-order valence-electron chi connectivity index (χ4n) is 0.525. The molecule has 0 aliphatic carbocycles. The van der Waals surface area contributed by atoms with Gasteiger partial charge in [0, 0.05) is 26.2 Å². The molecule has 0 aromatic carbocycles. The Kier molecular flexibility index (Phi) is 1.62. The van der Waals surface area contributed by atoms with E-state index >= 15 is 0 Å². The number of hydrazone groups is 1. The molecule has 0 amide bonds. The minimum atomic E-state index is 0.869. The predicted molar refractivity (Wildman–Crippen MR) is 34.2 cm³/mol. The van der Waals surface area contributed by atoms with Gasteiger partial charge in [0.15, 0.2) is 0 Å². The summed E-state index contributed by atoms with van der Waals surface area (Å²) in [4.78, 5) is 4.03. The highest BCUT2D eigenvalue weighted by atomic mass is 15.4. The van der Waals surface area contributed by atoms with E-state index in [1.165, 1.54) is 0 Å². The fourth-order valence-corrected chi connectivity index (χ4v) is 0.525. The number of rotatable bonds is 0. The van der Waals surface area contributed by atoms with Crippen LogP contribution in [0.5, 0.6) is 0 Å². The summed E-state index contributed by atoms with van der Waals surface area (Å²) in [5.74, 6) is 0. The zero-order valence-corrected chi connectivity index (χ0v) is 4.91. The third-order valence-electron chi connectivity index (χ3n) is 0.900. The van der Waals surface area contributed by atoms with Crippen LogP contribution in [0.15, 0.2) is 10.1 Å². The van der Waals surface area contributed by atoms with Crippen LogP contribution in [0.4, 0.5) is 0 Å². The first kappa shape index (κ1) is 5.28. The van der Waals surface area contributed by atoms with E-state index in [2.05, 4.69) is 10.1 Å². The second-order valence-electron chi connectivity index (χ2n) is 1.68. The third kappa shape index (κ3) is 1.33. The summed E-state index contributed by atoms with van der Waals surface area (Å²) in [6, 6.07) is 0. The molecule has 3 heteroatoms. The third-order valence-corrected chi connectivity index (χ3v) is 0.900. The van der Waals surface area contributed by atoms with E-state index < -0.39 is 0 Å². The molecule has 0 N–H and O–H groups in total. The average molecular weight is 111 g/mol. The molecule has 0 saturated heterocycles. The quantitative estimate of drug-likeness (QED) is 0.443. The van der Waals surface area contributed by atoms with Gasteiger partial charge < -0.3 is 0 Å². The van der Waals surface area contributed by atoms with Crippen LogP contribution in [-0.4, -0.2) is 31.2 Å². The first-order chi connectivity index (χ1) is 3.89. The van der Waals surface area contributed by atoms with Crippen molar-refractivity contribution < 1.29 is 0 Å². The van der Waals surface area contributed by atoms with Crippen molar-refractivity contribution in [2.45, 2.75) is 6.42 Å². The lowest BCUT2D eigenvalue weighted by Gasteiger charge is -1.99. The van der Waals surface area contributed by atoms with Crippen LogP contribution in [0.3, 0.4) is 0 Å². The number of hydrogen-bond acceptors (Lipinski definition) is 3. The van der Waals surface area contributed by atoms with Crippen LogP contribution >= 0.6 is 0 Å². The Morgan fingerprint density at radius 1 is 1.62 bits per heavy atom. The zero-order valence-electron chi connectivity index (χ0n) is 4.91. The highest BCUT2D eigenvalue weighted by molar-refractivity contribution is 5.63. The van der Waals surface area contributed by atoms with Gasteiger partial charge in [-0.2, -0.15) is 5.10 Å². The monoisotopic (exact) mass is 111 g/mol. The Hall–Kier alpha value is -0.860. The predicted octanol–water partition coefficient (Wildman–Crippen LogP) is 0.336. The summed E-state index contributed by atoms with van der Waals surface area (Å²) in [5, 5.41) is 5.68. The molecule has 8 heavy (non-hydrogen) atoms. The summed E-state index contributed by atoms with van der Waals surface area (Å²) in [6.07, 6.45) is 4.55. The van der Waals surface area contributed by atoms with Crippen LogP contribution < -0.4 is 0 Å². The van der Waals surface area contributed by atoms with Crippen LogP contribution in [0.2, 0.25) is 0 Å². The molecular weight excluding hydrogens is 102 g/mol. The van der Waals surface area contributed by atoms with Gasteiger partial charge in [-0.15, -0.1) is 0 Å². The van der Waals surface area contributed by atoms with Gasteiger partial charge in [0.2, 0.25) is 0 Å². The molecule has 0 aromatic rings. The zero-order chi connectivity index (χ0) is 5.82. The van der Waals surface area contributed by atoms with E-state index in [0.29, 0.717) is 0 Å². The molecule has 0 saturated carbocycles. The van der Waals surface area contributed by atoms with Gasteiger partial charge in [0.05, 0.1) is 0 Å². The van der Waals surface area contributed by atoms with E-state index in [4.69, 9.17) is 0 Å². The first-order valence-corrected chi connectivity index (χ1v) is 2.65. The van der Waals surface area contributed by atoms with E-state index in [1.807, 2.05) is 13.3 Å². The van der Waals surface area contributed by atoms with Crippen molar-refractivity contribution in [2.24, 2.45) is 10.1 Å². The van der Waals surface area contributed by atoms with Crippen LogP contribution in [0.1, 0.15) is 6.42 Å². The molecule has 0 fully saturated rings. The Morgan fingerprint density at radius 3 is 3.38 bits per heavy atom. The molecule has 0 radical (unpaired) electrons. The normalized spacial score (nSPS) is 18.9. The van der Waals surface area contributed by atoms with Crippen molar-refractivity contribution in [2.75, 3.05) is 13.6 Å². The number of aliphatic imine (C=N–C) groups is 1. The molecule has 1 rings (SSSR count). The van der Waals surface area contributed by atoms with Crippen molar-refractivity contribution in [3.05, 3.63) is 0 Å². The minimum absolute atomic E-state index is 0.869. The van der Waals surface area contributed by atoms with Gasteiger partial charge in [-0.25, -0.2) is 0 Å². The molecule has 0 atom stereocenters. The smallest absolute Gasteiger partial charge is 0.106 e. The van der Waals surface area contributed by atoms with Gasteiger partial charge in [0.1, 0.15) is 6.34 Å². The molecule has 0 aromatic heterocycles. The van der Waals surface area contributed by atoms with Gasteiger partial charge in [-0.1, -0.05) is 0 Å². The average Bonchev–Trinajstić information content (AvgIpc) is 1.94. The molecular formula is C5H9N3. The maximum atomic E-state index is 4.03. The van der Waals surface area contributed by atoms with Gasteiger partial charge in [-0.05, 0) is 0 Å². The van der Waals surface area contributed by atoms with Crippen LogP contribution in [0.25, 0.3) is 0 Å². The summed E-state index contributed by atoms with van der Waals surface area (Å²) < 4.78 is 0. The van der Waals surface area contributed by atoms with E-state index in [9.17, 15) is 0 Å². The standard InChI is InChI=1S/C5H9N3/c1-8-5-6-3-2-4-7-8/h4-5H,2-3H2,1H3. The maximum Gasteiger partial charge on any atom is 0.106 e. The molecule has 0 bridgehead atoms. The summed E-state index contributed by atoms with van der Waals surface area (Å²) in [5.41, 5.74) is 0. The molecule has 44 valence electrons. The second-order valence-corrected chi connectivity index (χ2v) is 1.68. The van der Waals surface area contributed by atoms with Crippen LogP contribution in [0, 0.1) is 0 Å². The van der Waals surface area contributed by atoms with Crippen molar-refractivity contribution in [1.82, 2.24) is 5.01 Å². The minimum Gasteiger partial charge on any atom is -0.274 e. The van der Waals surface area contributed by atoms with Gasteiger partial charge in [-0.3, -0.25) is 10.0 Å². The summed E-state index contributed by atoms with van der Waals surface area (Å²) in [7, 11) is 1.87. The lowest BCUT2D eigenvalue weighted by molar-refractivity contribution is 0.566. The molecule has 0 unspecified atom stereocenters. The lowest BCUT2D eigenvalue weighted by Crippen LogP contribution is -2.05. The van der Waals surface area contributed by atoms with E-state index in [1.54, 1.807) is 11.3 Å². The van der Waals surface area contributed by atoms with Crippen molar-refractivity contribution in [3.63, 3.8) is 0 Å². The topological polar surface area (TPSA) is 28.0 Å². The Balaban J connectivity index is 2.51. The lowest BCUT2D eigenvalue weighted by atomic mass is 10.5. The van der Waals surface area contributed by atoms with Gasteiger partial charge in [0.25, 0.3) is 0 Å². The molecule has 0 spiro atoms. The highest BCUT2D eigenvalue weighted by Crippen LogP contribution is 1.85. The SMILES string of the molecule is CN1C=NCCC=N1. The van der Waals surface area contributed by atoms with Crippen molar-refractivity contribution in [3.8, 4) is 0 Å². The van der Waals surface area contributed by atoms with E-state index in [-0.39, 0.29) is 0 Å². The van der Waals surface area contributed by atoms with Crippen LogP contribution in [-0.2, 0) is 0 Å². The highest BCUT2D eigenvalue weighted by Gasteiger charge is 1.87. The van der Waals surface area contributed by atoms with Gasteiger partial charge >= 0.3 is 0 Å². The number of nitrogens with zero attached hydrogens (tertiary/aromatic N) is 3. The molecule has 3 nitrogen and oxygen atoms in total. The first-order valence-electron chi connectivity index (χ1n) is 2.65. The van der Waals surface area contributed by atoms with E-state index in [0.717, 1.165) is 13.0 Å². The fraction of sp³-hybridized carbons (Fsp3) is 0.600. The van der Waals surface area contributed by atoms with Crippen molar-refractivity contribution in [1.29, 1.82) is 0 Å².